The highest BCUT2D eigenvalue weighted by molar-refractivity contribution is 6.29. The number of oxime groups is 1. The van der Waals surface area contributed by atoms with E-state index in [1.54, 1.807) is 12.3 Å². The van der Waals surface area contributed by atoms with Gasteiger partial charge in [-0.2, -0.15) is 0 Å². The molecule has 0 aliphatic carbocycles. The first-order valence-corrected chi connectivity index (χ1v) is 10.2. The Bertz CT molecular complexity index is 729. The van der Waals surface area contributed by atoms with E-state index in [1.807, 2.05) is 37.3 Å². The van der Waals surface area contributed by atoms with Crippen LogP contribution < -0.4 is 9.64 Å². The molecule has 1 fully saturated rings. The van der Waals surface area contributed by atoms with Crippen LogP contribution in [0.4, 0.5) is 5.82 Å². The van der Waals surface area contributed by atoms with E-state index >= 15 is 0 Å². The van der Waals surface area contributed by atoms with Crippen molar-refractivity contribution in [2.45, 2.75) is 32.6 Å². The summed E-state index contributed by atoms with van der Waals surface area (Å²) in [7, 11) is 0. The lowest BCUT2D eigenvalue weighted by Gasteiger charge is -2.32. The number of hydrogen-bond donors (Lipinski definition) is 0. The number of benzene rings is 1. The molecule has 0 unspecified atom stereocenters. The summed E-state index contributed by atoms with van der Waals surface area (Å²) in [5.41, 5.74) is 0.998. The summed E-state index contributed by atoms with van der Waals surface area (Å²) < 4.78 is 5.86. The van der Waals surface area contributed by atoms with Gasteiger partial charge in [0.25, 0.3) is 0 Å². The van der Waals surface area contributed by atoms with Crippen LogP contribution in [0.2, 0.25) is 5.15 Å². The highest BCUT2D eigenvalue weighted by Crippen LogP contribution is 2.25. The minimum Gasteiger partial charge on any atom is -0.494 e. The maximum absolute atomic E-state index is 5.86. The monoisotopic (exact) mass is 402 g/mol. The van der Waals surface area contributed by atoms with Gasteiger partial charge < -0.3 is 14.5 Å². The van der Waals surface area contributed by atoms with E-state index in [9.17, 15) is 0 Å². The minimum atomic E-state index is 0.437. The third kappa shape index (κ3) is 6.37. The topological polar surface area (TPSA) is 59.8 Å². The van der Waals surface area contributed by atoms with Gasteiger partial charge >= 0.3 is 0 Å². The fourth-order valence-electron chi connectivity index (χ4n) is 3.31. The second kappa shape index (κ2) is 10.9. The number of ether oxygens (including phenoxy) is 1. The molecule has 1 aromatic heterocycles. The van der Waals surface area contributed by atoms with Gasteiger partial charge in [-0.05, 0) is 80.5 Å². The number of halogens is 1. The zero-order chi connectivity index (χ0) is 19.6. The maximum atomic E-state index is 5.86. The molecule has 2 heterocycles. The second-order valence-corrected chi connectivity index (χ2v) is 7.24. The van der Waals surface area contributed by atoms with Crippen molar-refractivity contribution in [1.82, 2.24) is 10.2 Å². The van der Waals surface area contributed by atoms with Crippen LogP contribution >= 0.6 is 11.6 Å². The van der Waals surface area contributed by atoms with Crippen molar-refractivity contribution >= 4 is 23.6 Å². The summed E-state index contributed by atoms with van der Waals surface area (Å²) in [5.74, 6) is 2.56. The summed E-state index contributed by atoms with van der Waals surface area (Å²) >= 11 is 5.81. The summed E-state index contributed by atoms with van der Waals surface area (Å²) in [6.45, 7) is 5.27. The van der Waals surface area contributed by atoms with Crippen molar-refractivity contribution in [2.75, 3.05) is 31.2 Å². The summed E-state index contributed by atoms with van der Waals surface area (Å²) in [6.07, 6.45) is 6.32. The van der Waals surface area contributed by atoms with Crippen LogP contribution in [-0.4, -0.2) is 42.7 Å². The molecule has 0 bridgehead atoms. The first kappa shape index (κ1) is 20.4. The van der Waals surface area contributed by atoms with Crippen LogP contribution in [0.3, 0.4) is 0 Å². The van der Waals surface area contributed by atoms with Crippen LogP contribution in [0, 0.1) is 5.92 Å². The molecule has 0 saturated carbocycles. The van der Waals surface area contributed by atoms with E-state index in [4.69, 9.17) is 21.2 Å². The predicted molar refractivity (Wildman–Crippen MR) is 112 cm³/mol. The van der Waals surface area contributed by atoms with Gasteiger partial charge in [0.1, 0.15) is 12.4 Å². The fourth-order valence-corrected chi connectivity index (χ4v) is 3.41. The first-order valence-electron chi connectivity index (χ1n) is 9.87. The lowest BCUT2D eigenvalue weighted by Crippen LogP contribution is -2.34. The summed E-state index contributed by atoms with van der Waals surface area (Å²) in [6, 6.07) is 11.6. The smallest absolute Gasteiger partial charge is 0.151 e. The Hall–Kier alpha value is -2.34. The van der Waals surface area contributed by atoms with Crippen LogP contribution in [0.5, 0.6) is 5.75 Å². The Kier molecular flexibility index (Phi) is 7.91. The summed E-state index contributed by atoms with van der Waals surface area (Å²) in [4.78, 5) is 7.25. The van der Waals surface area contributed by atoms with Gasteiger partial charge in [-0.3, -0.25) is 0 Å². The molecule has 1 saturated heterocycles. The molecule has 28 heavy (non-hydrogen) atoms. The van der Waals surface area contributed by atoms with Gasteiger partial charge in [0.15, 0.2) is 11.0 Å². The van der Waals surface area contributed by atoms with Gasteiger partial charge in [-0.25, -0.2) is 0 Å². The molecule has 2 aromatic rings. The average Bonchev–Trinajstić information content (AvgIpc) is 2.73. The van der Waals surface area contributed by atoms with Crippen molar-refractivity contribution in [3.8, 4) is 5.75 Å². The molecular formula is C21H27ClN4O2. The third-order valence-electron chi connectivity index (χ3n) is 4.87. The Labute approximate surface area is 171 Å². The zero-order valence-corrected chi connectivity index (χ0v) is 17.0. The molecule has 1 aliphatic rings. The number of piperidine rings is 1. The van der Waals surface area contributed by atoms with Crippen LogP contribution in [0.25, 0.3) is 0 Å². The average molecular weight is 403 g/mol. The number of nitrogens with zero attached hydrogens (tertiary/aromatic N) is 4. The van der Waals surface area contributed by atoms with Crippen molar-refractivity contribution in [1.29, 1.82) is 0 Å². The molecule has 3 rings (SSSR count). The Morgan fingerprint density at radius 1 is 1.14 bits per heavy atom. The Balaban J connectivity index is 1.32. The van der Waals surface area contributed by atoms with Crippen LogP contribution in [0.15, 0.2) is 41.6 Å². The predicted octanol–water partition coefficient (Wildman–Crippen LogP) is 4.58. The lowest BCUT2D eigenvalue weighted by molar-refractivity contribution is 0.160. The molecule has 1 aliphatic heterocycles. The van der Waals surface area contributed by atoms with Crippen molar-refractivity contribution in [2.24, 2.45) is 11.1 Å². The molecule has 0 atom stereocenters. The van der Waals surface area contributed by atoms with E-state index in [0.29, 0.717) is 11.8 Å². The number of aromatic nitrogens is 2. The fraction of sp³-hybridized carbons (Fsp3) is 0.476. The van der Waals surface area contributed by atoms with Crippen molar-refractivity contribution in [3.05, 3.63) is 47.1 Å². The number of rotatable bonds is 9. The van der Waals surface area contributed by atoms with Gasteiger partial charge in [-0.15, -0.1) is 10.2 Å². The van der Waals surface area contributed by atoms with E-state index in [1.165, 1.54) is 19.3 Å². The second-order valence-electron chi connectivity index (χ2n) is 6.86. The number of anilines is 1. The Morgan fingerprint density at radius 3 is 2.61 bits per heavy atom. The normalized spacial score (nSPS) is 15.1. The van der Waals surface area contributed by atoms with E-state index in [0.717, 1.165) is 49.2 Å². The van der Waals surface area contributed by atoms with Crippen LogP contribution in [-0.2, 0) is 4.84 Å². The highest BCUT2D eigenvalue weighted by Gasteiger charge is 2.20. The molecule has 0 spiro atoms. The standard InChI is InChI=1S/C21H27ClN4O2/c1-2-28-23-16-18-5-7-19(8-6-18)27-15-3-4-17-11-13-26(14-12-17)21-10-9-20(22)24-25-21/h5-10,16-17H,2-4,11-15H2,1H3/b23-16+. The SMILES string of the molecule is CCO/N=C/c1ccc(OCCCC2CCN(c3ccc(Cl)nn3)CC2)cc1. The maximum Gasteiger partial charge on any atom is 0.151 e. The molecule has 0 radical (unpaired) electrons. The molecule has 6 nitrogen and oxygen atoms in total. The van der Waals surface area contributed by atoms with Crippen molar-refractivity contribution in [3.63, 3.8) is 0 Å². The Morgan fingerprint density at radius 2 is 1.93 bits per heavy atom. The van der Waals surface area contributed by atoms with Gasteiger partial charge in [0, 0.05) is 13.1 Å². The quantitative estimate of drug-likeness (QED) is 0.349. The highest BCUT2D eigenvalue weighted by atomic mass is 35.5. The van der Waals surface area contributed by atoms with Gasteiger partial charge in [0.2, 0.25) is 0 Å². The lowest BCUT2D eigenvalue weighted by atomic mass is 9.92. The largest absolute Gasteiger partial charge is 0.494 e. The zero-order valence-electron chi connectivity index (χ0n) is 16.3. The van der Waals surface area contributed by atoms with E-state index < -0.39 is 0 Å². The van der Waals surface area contributed by atoms with Crippen LogP contribution in [0.1, 0.15) is 38.2 Å². The summed E-state index contributed by atoms with van der Waals surface area (Å²) in [5, 5.41) is 12.4. The van der Waals surface area contributed by atoms with Gasteiger partial charge in [-0.1, -0.05) is 16.8 Å². The molecule has 1 aromatic carbocycles. The first-order chi connectivity index (χ1) is 13.7. The molecule has 0 N–H and O–H groups in total. The molecule has 150 valence electrons. The molecule has 7 heteroatoms. The van der Waals surface area contributed by atoms with Gasteiger partial charge in [0.05, 0.1) is 12.8 Å². The minimum absolute atomic E-state index is 0.437. The molecule has 0 amide bonds. The molecular weight excluding hydrogens is 376 g/mol. The van der Waals surface area contributed by atoms with Crippen molar-refractivity contribution < 1.29 is 9.57 Å². The van der Waals surface area contributed by atoms with E-state index in [-0.39, 0.29) is 0 Å². The van der Waals surface area contributed by atoms with E-state index in [2.05, 4.69) is 20.3 Å². The number of hydrogen-bond acceptors (Lipinski definition) is 6. The third-order valence-corrected chi connectivity index (χ3v) is 5.07.